The molecule has 0 unspecified atom stereocenters. The zero-order chi connectivity index (χ0) is 25.8. The number of benzene rings is 3. The van der Waals surface area contributed by atoms with Crippen LogP contribution in [0.25, 0.3) is 10.2 Å². The first kappa shape index (κ1) is 25.9. The van der Waals surface area contributed by atoms with Gasteiger partial charge in [-0.15, -0.1) is 0 Å². The van der Waals surface area contributed by atoms with E-state index in [4.69, 9.17) is 25.8 Å². The van der Waals surface area contributed by atoms with Crippen LogP contribution in [0, 0.1) is 13.8 Å². The number of thiazole rings is 1. The van der Waals surface area contributed by atoms with Gasteiger partial charge in [-0.1, -0.05) is 40.6 Å². The van der Waals surface area contributed by atoms with E-state index in [0.29, 0.717) is 27.8 Å². The zero-order valence-corrected chi connectivity index (χ0v) is 22.9. The summed E-state index contributed by atoms with van der Waals surface area (Å²) in [7, 11) is 4.72. The number of nitrogens with one attached hydrogen (secondary N) is 2. The van der Waals surface area contributed by atoms with E-state index in [9.17, 15) is 4.79 Å². The van der Waals surface area contributed by atoms with Crippen LogP contribution >= 0.6 is 34.9 Å². The fourth-order valence-electron chi connectivity index (χ4n) is 3.58. The summed E-state index contributed by atoms with van der Waals surface area (Å²) in [5.74, 6) is 1.07. The number of ether oxygens (including phenoxy) is 3. The predicted octanol–water partition coefficient (Wildman–Crippen LogP) is 7.24. The van der Waals surface area contributed by atoms with Gasteiger partial charge >= 0.3 is 5.97 Å². The molecule has 0 atom stereocenters. The lowest BCUT2D eigenvalue weighted by Gasteiger charge is -2.17. The largest absolute Gasteiger partial charge is 0.493 e. The number of nitrogens with zero attached hydrogens (tertiary/aromatic N) is 1. The highest BCUT2D eigenvalue weighted by atomic mass is 35.5. The minimum Gasteiger partial charge on any atom is -0.493 e. The molecule has 0 aliphatic carbocycles. The summed E-state index contributed by atoms with van der Waals surface area (Å²) in [6.45, 7) is 4.16. The van der Waals surface area contributed by atoms with E-state index in [1.54, 1.807) is 19.2 Å². The van der Waals surface area contributed by atoms with Crippen LogP contribution in [0.2, 0.25) is 5.02 Å². The lowest BCUT2D eigenvalue weighted by atomic mass is 10.1. The Balaban J connectivity index is 1.73. The van der Waals surface area contributed by atoms with Crippen LogP contribution in [0.5, 0.6) is 17.2 Å². The molecule has 4 rings (SSSR count). The Labute approximate surface area is 223 Å². The summed E-state index contributed by atoms with van der Waals surface area (Å²) in [6.07, 6.45) is 0.0327. The molecule has 1 heterocycles. The van der Waals surface area contributed by atoms with Crippen molar-refractivity contribution in [2.45, 2.75) is 25.2 Å². The smallest absolute Gasteiger partial charge is 0.310 e. The Hall–Kier alpha value is -3.14. The molecule has 0 saturated heterocycles. The van der Waals surface area contributed by atoms with Gasteiger partial charge in [0.15, 0.2) is 22.4 Å². The van der Waals surface area contributed by atoms with Gasteiger partial charge in [-0.05, 0) is 61.2 Å². The molecular formula is C26H26ClN3O4S2. The minimum atomic E-state index is -0.390. The topological polar surface area (TPSA) is 81.7 Å². The van der Waals surface area contributed by atoms with E-state index in [2.05, 4.69) is 47.1 Å². The number of aryl methyl sites for hydroxylation is 2. The Morgan fingerprint density at radius 2 is 1.89 bits per heavy atom. The van der Waals surface area contributed by atoms with E-state index >= 15 is 0 Å². The molecule has 0 aliphatic heterocycles. The van der Waals surface area contributed by atoms with Crippen molar-refractivity contribution in [1.29, 1.82) is 0 Å². The number of hydrogen-bond donors (Lipinski definition) is 2. The standard InChI is InChI=1S/C26H26ClN3O4S2/c1-14-6-9-22(15(2)10-14)36-30-24-19(8-7-18-25(24)35-26(28-3)29-18)34-21-13-17(27)16(11-20(21)32-4)12-23(31)33-5/h6-11,13,30H,12H2,1-5H3,(H,28,29). The highest BCUT2D eigenvalue weighted by Gasteiger charge is 2.19. The summed E-state index contributed by atoms with van der Waals surface area (Å²) >= 11 is 9.51. The van der Waals surface area contributed by atoms with Crippen molar-refractivity contribution in [3.63, 3.8) is 0 Å². The van der Waals surface area contributed by atoms with Gasteiger partial charge in [-0.3, -0.25) is 4.79 Å². The Morgan fingerprint density at radius 3 is 2.58 bits per heavy atom. The first-order valence-corrected chi connectivity index (χ1v) is 13.1. The third-order valence-electron chi connectivity index (χ3n) is 5.44. The van der Waals surface area contributed by atoms with Gasteiger partial charge in [0.1, 0.15) is 5.69 Å². The first-order valence-electron chi connectivity index (χ1n) is 11.1. The highest BCUT2D eigenvalue weighted by molar-refractivity contribution is 8.00. The van der Waals surface area contributed by atoms with Gasteiger partial charge in [0, 0.05) is 23.0 Å². The average molecular weight is 544 g/mol. The number of hydrogen-bond acceptors (Lipinski definition) is 9. The molecule has 10 heteroatoms. The van der Waals surface area contributed by atoms with E-state index in [1.165, 1.54) is 41.5 Å². The summed E-state index contributed by atoms with van der Waals surface area (Å²) < 4.78 is 21.1. The van der Waals surface area contributed by atoms with Crippen molar-refractivity contribution < 1.29 is 19.0 Å². The SMILES string of the molecule is CNc1nc2ccc(Oc3cc(Cl)c(CC(=O)OC)cc3OC)c(NSc3ccc(C)cc3C)c2s1. The maximum absolute atomic E-state index is 11.8. The predicted molar refractivity (Wildman–Crippen MR) is 148 cm³/mol. The quantitative estimate of drug-likeness (QED) is 0.169. The van der Waals surface area contributed by atoms with Crippen LogP contribution < -0.4 is 19.5 Å². The summed E-state index contributed by atoms with van der Waals surface area (Å²) in [5, 5.41) is 4.29. The normalized spacial score (nSPS) is 10.8. The van der Waals surface area contributed by atoms with Gasteiger partial charge in [0.25, 0.3) is 0 Å². The molecule has 0 saturated carbocycles. The molecule has 3 aromatic carbocycles. The third-order valence-corrected chi connectivity index (χ3v) is 7.88. The fraction of sp³-hybridized carbons (Fsp3) is 0.231. The van der Waals surface area contributed by atoms with E-state index in [1.807, 2.05) is 19.2 Å². The summed E-state index contributed by atoms with van der Waals surface area (Å²) in [5.41, 5.74) is 4.61. The van der Waals surface area contributed by atoms with E-state index in [0.717, 1.165) is 25.9 Å². The lowest BCUT2D eigenvalue weighted by Crippen LogP contribution is -2.05. The molecule has 188 valence electrons. The van der Waals surface area contributed by atoms with Crippen molar-refractivity contribution in [1.82, 2.24) is 4.98 Å². The van der Waals surface area contributed by atoms with Crippen LogP contribution in [0.15, 0.2) is 47.4 Å². The Bertz CT molecular complexity index is 1420. The van der Waals surface area contributed by atoms with Gasteiger partial charge in [-0.25, -0.2) is 4.98 Å². The van der Waals surface area contributed by atoms with Crippen molar-refractivity contribution >= 4 is 61.9 Å². The van der Waals surface area contributed by atoms with Crippen LogP contribution in [0.4, 0.5) is 10.8 Å². The Kier molecular flexibility index (Phi) is 8.13. The van der Waals surface area contributed by atoms with Crippen LogP contribution in [-0.2, 0) is 16.0 Å². The average Bonchev–Trinajstić information content (AvgIpc) is 3.29. The second-order valence-electron chi connectivity index (χ2n) is 7.98. The molecule has 0 aliphatic rings. The number of aromatic nitrogens is 1. The number of esters is 1. The molecule has 0 fully saturated rings. The molecule has 1 aromatic heterocycles. The van der Waals surface area contributed by atoms with Crippen LogP contribution in [-0.4, -0.2) is 32.2 Å². The number of carbonyl (C=O) groups is 1. The number of anilines is 2. The minimum absolute atomic E-state index is 0.0327. The van der Waals surface area contributed by atoms with Crippen LogP contribution in [0.3, 0.4) is 0 Å². The van der Waals surface area contributed by atoms with Crippen molar-refractivity contribution in [2.24, 2.45) is 0 Å². The second-order valence-corrected chi connectivity index (χ2v) is 10.2. The van der Waals surface area contributed by atoms with Gasteiger partial charge in [0.05, 0.1) is 30.9 Å². The van der Waals surface area contributed by atoms with E-state index < -0.39 is 5.97 Å². The first-order chi connectivity index (χ1) is 17.3. The number of halogens is 1. The zero-order valence-electron chi connectivity index (χ0n) is 20.5. The number of carbonyl (C=O) groups excluding carboxylic acids is 1. The fourth-order valence-corrected chi connectivity index (χ4v) is 5.55. The van der Waals surface area contributed by atoms with Crippen molar-refractivity contribution in [3.8, 4) is 17.2 Å². The van der Waals surface area contributed by atoms with Crippen molar-refractivity contribution in [3.05, 3.63) is 64.2 Å². The van der Waals surface area contributed by atoms with E-state index in [-0.39, 0.29) is 6.42 Å². The number of methoxy groups -OCH3 is 2. The second kappa shape index (κ2) is 11.3. The molecule has 0 spiro atoms. The molecular weight excluding hydrogens is 518 g/mol. The monoisotopic (exact) mass is 543 g/mol. The number of rotatable bonds is 9. The van der Waals surface area contributed by atoms with Crippen LogP contribution in [0.1, 0.15) is 16.7 Å². The van der Waals surface area contributed by atoms with Gasteiger partial charge in [-0.2, -0.15) is 0 Å². The molecule has 0 amide bonds. The highest BCUT2D eigenvalue weighted by Crippen LogP contribution is 2.45. The summed E-state index contributed by atoms with van der Waals surface area (Å²) in [6, 6.07) is 13.4. The lowest BCUT2D eigenvalue weighted by molar-refractivity contribution is -0.139. The third kappa shape index (κ3) is 5.64. The molecule has 2 N–H and O–H groups in total. The van der Waals surface area contributed by atoms with Gasteiger partial charge in [0.2, 0.25) is 0 Å². The maximum atomic E-state index is 11.8. The maximum Gasteiger partial charge on any atom is 0.310 e. The van der Waals surface area contributed by atoms with Gasteiger partial charge < -0.3 is 24.2 Å². The summed E-state index contributed by atoms with van der Waals surface area (Å²) in [4.78, 5) is 17.5. The molecule has 4 aromatic rings. The Morgan fingerprint density at radius 1 is 1.08 bits per heavy atom. The molecule has 0 radical (unpaired) electrons. The molecule has 0 bridgehead atoms. The number of fused-ring (bicyclic) bond motifs is 1. The van der Waals surface area contributed by atoms with Crippen molar-refractivity contribution in [2.75, 3.05) is 31.3 Å². The molecule has 7 nitrogen and oxygen atoms in total. The molecule has 36 heavy (non-hydrogen) atoms.